The third-order valence-corrected chi connectivity index (χ3v) is 4.12. The summed E-state index contributed by atoms with van der Waals surface area (Å²) in [5.41, 5.74) is 3.70. The van der Waals surface area contributed by atoms with Crippen molar-refractivity contribution >= 4 is 46.3 Å². The molecule has 27 heavy (non-hydrogen) atoms. The number of para-hydroxylation sites is 1. The maximum Gasteiger partial charge on any atom is 0.249 e. The van der Waals surface area contributed by atoms with Gasteiger partial charge in [0, 0.05) is 5.69 Å². The van der Waals surface area contributed by atoms with Gasteiger partial charge in [-0.3, -0.25) is 9.59 Å². The molecule has 0 aromatic heterocycles. The Bertz CT molecular complexity index is 825. The summed E-state index contributed by atoms with van der Waals surface area (Å²) in [5.74, 6) is 0.330. The zero-order valence-electron chi connectivity index (χ0n) is 15.0. The van der Waals surface area contributed by atoms with Crippen LogP contribution in [0.5, 0.6) is 11.5 Å². The van der Waals surface area contributed by atoms with Gasteiger partial charge in [0.15, 0.2) is 11.5 Å². The Balaban J connectivity index is 1.91. The van der Waals surface area contributed by atoms with Gasteiger partial charge in [0.05, 0.1) is 23.5 Å². The average molecular weight is 481 g/mol. The number of amides is 2. The zero-order chi connectivity index (χ0) is 19.6. The van der Waals surface area contributed by atoms with Crippen molar-refractivity contribution in [2.75, 3.05) is 19.0 Å². The van der Waals surface area contributed by atoms with Gasteiger partial charge in [0.1, 0.15) is 6.42 Å². The lowest BCUT2D eigenvalue weighted by Gasteiger charge is -2.12. The van der Waals surface area contributed by atoms with Crippen LogP contribution in [0.4, 0.5) is 5.69 Å². The summed E-state index contributed by atoms with van der Waals surface area (Å²) in [5, 5.41) is 6.53. The number of ether oxygens (including phenoxy) is 2. The van der Waals surface area contributed by atoms with E-state index in [-0.39, 0.29) is 6.42 Å². The Morgan fingerprint density at radius 1 is 1.19 bits per heavy atom. The van der Waals surface area contributed by atoms with Crippen molar-refractivity contribution in [2.24, 2.45) is 5.10 Å². The number of halogens is 1. The molecule has 8 heteroatoms. The molecule has 2 rings (SSSR count). The molecular formula is C19H20IN3O4. The molecule has 0 saturated heterocycles. The van der Waals surface area contributed by atoms with Crippen LogP contribution in [0.25, 0.3) is 0 Å². The molecular weight excluding hydrogens is 461 g/mol. The minimum atomic E-state index is -0.507. The van der Waals surface area contributed by atoms with E-state index >= 15 is 0 Å². The molecule has 0 saturated carbocycles. The standard InChI is InChI=1S/C19H20IN3O4/c1-3-27-19-15(20)9-13(10-16(19)26-2)12-21-23-18(25)11-17(24)22-14-7-5-4-6-8-14/h4-10,12H,3,11H2,1-2H3,(H,22,24)(H,23,25). The second-order valence-corrected chi connectivity index (χ2v) is 6.51. The molecule has 2 N–H and O–H groups in total. The molecule has 2 aromatic carbocycles. The Labute approximate surface area is 171 Å². The number of carbonyl (C=O) groups excluding carboxylic acids is 2. The molecule has 0 aliphatic heterocycles. The molecule has 0 unspecified atom stereocenters. The highest BCUT2D eigenvalue weighted by molar-refractivity contribution is 14.1. The summed E-state index contributed by atoms with van der Waals surface area (Å²) < 4.78 is 11.7. The van der Waals surface area contributed by atoms with Gasteiger partial charge >= 0.3 is 0 Å². The fourth-order valence-corrected chi connectivity index (χ4v) is 2.97. The number of anilines is 1. The van der Waals surface area contributed by atoms with Crippen LogP contribution in [0, 0.1) is 3.57 Å². The van der Waals surface area contributed by atoms with Crippen molar-refractivity contribution in [3.63, 3.8) is 0 Å². The number of hydrazone groups is 1. The molecule has 2 amide bonds. The zero-order valence-corrected chi connectivity index (χ0v) is 17.1. The average Bonchev–Trinajstić information content (AvgIpc) is 2.64. The van der Waals surface area contributed by atoms with Gasteiger partial charge < -0.3 is 14.8 Å². The number of benzene rings is 2. The monoisotopic (exact) mass is 481 g/mol. The Morgan fingerprint density at radius 2 is 1.93 bits per heavy atom. The number of methoxy groups -OCH3 is 1. The van der Waals surface area contributed by atoms with Crippen molar-refractivity contribution < 1.29 is 19.1 Å². The molecule has 7 nitrogen and oxygen atoms in total. The third-order valence-electron chi connectivity index (χ3n) is 3.32. The van der Waals surface area contributed by atoms with Crippen LogP contribution >= 0.6 is 22.6 Å². The maximum atomic E-state index is 11.8. The first-order chi connectivity index (χ1) is 13.0. The smallest absolute Gasteiger partial charge is 0.249 e. The van der Waals surface area contributed by atoms with Crippen LogP contribution in [0.1, 0.15) is 18.9 Å². The molecule has 0 bridgehead atoms. The quantitative estimate of drug-likeness (QED) is 0.263. The molecule has 0 fully saturated rings. The molecule has 2 aromatic rings. The number of nitrogens with one attached hydrogen (secondary N) is 2. The van der Waals surface area contributed by atoms with Crippen molar-refractivity contribution in [1.29, 1.82) is 0 Å². The largest absolute Gasteiger partial charge is 0.493 e. The minimum Gasteiger partial charge on any atom is -0.493 e. The highest BCUT2D eigenvalue weighted by Gasteiger charge is 2.11. The van der Waals surface area contributed by atoms with Crippen LogP contribution < -0.4 is 20.2 Å². The molecule has 0 heterocycles. The number of hydrogen-bond donors (Lipinski definition) is 2. The lowest BCUT2D eigenvalue weighted by atomic mass is 10.2. The molecule has 0 atom stereocenters. The SMILES string of the molecule is CCOc1c(I)cc(C=NNC(=O)CC(=O)Nc2ccccc2)cc1OC. The fraction of sp³-hybridized carbons (Fsp3) is 0.211. The second kappa shape index (κ2) is 10.5. The van der Waals surface area contributed by atoms with E-state index < -0.39 is 11.8 Å². The van der Waals surface area contributed by atoms with E-state index in [2.05, 4.69) is 38.4 Å². The van der Waals surface area contributed by atoms with E-state index in [9.17, 15) is 9.59 Å². The lowest BCUT2D eigenvalue weighted by Crippen LogP contribution is -2.24. The van der Waals surface area contributed by atoms with Crippen molar-refractivity contribution in [1.82, 2.24) is 5.43 Å². The van der Waals surface area contributed by atoms with E-state index in [4.69, 9.17) is 9.47 Å². The van der Waals surface area contributed by atoms with Crippen LogP contribution in [-0.2, 0) is 9.59 Å². The number of hydrogen-bond acceptors (Lipinski definition) is 5. The van der Waals surface area contributed by atoms with Gasteiger partial charge in [-0.2, -0.15) is 5.10 Å². The van der Waals surface area contributed by atoms with Gasteiger partial charge in [-0.1, -0.05) is 18.2 Å². The van der Waals surface area contributed by atoms with E-state index in [1.165, 1.54) is 6.21 Å². The summed E-state index contributed by atoms with van der Waals surface area (Å²) >= 11 is 2.14. The fourth-order valence-electron chi connectivity index (χ4n) is 2.19. The molecule has 0 radical (unpaired) electrons. The van der Waals surface area contributed by atoms with Crippen molar-refractivity contribution in [3.8, 4) is 11.5 Å². The first-order valence-corrected chi connectivity index (χ1v) is 9.28. The molecule has 142 valence electrons. The molecule has 0 aliphatic carbocycles. The van der Waals surface area contributed by atoms with Gasteiger partial charge in [-0.05, 0) is 59.3 Å². The minimum absolute atomic E-state index is 0.323. The Kier molecular flexibility index (Phi) is 8.05. The van der Waals surface area contributed by atoms with Crippen LogP contribution in [0.2, 0.25) is 0 Å². The summed E-state index contributed by atoms with van der Waals surface area (Å²) in [7, 11) is 1.56. The van der Waals surface area contributed by atoms with E-state index in [1.54, 1.807) is 37.4 Å². The predicted octanol–water partition coefficient (Wildman–Crippen LogP) is 3.18. The van der Waals surface area contributed by atoms with Gasteiger partial charge in [-0.15, -0.1) is 0 Å². The number of carbonyl (C=O) groups is 2. The van der Waals surface area contributed by atoms with E-state index in [0.717, 1.165) is 9.13 Å². The first-order valence-electron chi connectivity index (χ1n) is 8.20. The summed E-state index contributed by atoms with van der Waals surface area (Å²) in [6, 6.07) is 12.5. The normalized spacial score (nSPS) is 10.5. The summed E-state index contributed by atoms with van der Waals surface area (Å²) in [4.78, 5) is 23.7. The molecule has 0 spiro atoms. The first kappa shape index (κ1) is 20.7. The molecule has 0 aliphatic rings. The van der Waals surface area contributed by atoms with Gasteiger partial charge in [-0.25, -0.2) is 5.43 Å². The highest BCUT2D eigenvalue weighted by Crippen LogP contribution is 2.33. The van der Waals surface area contributed by atoms with Crippen LogP contribution in [0.15, 0.2) is 47.6 Å². The second-order valence-electron chi connectivity index (χ2n) is 5.35. The third kappa shape index (κ3) is 6.55. The predicted molar refractivity (Wildman–Crippen MR) is 112 cm³/mol. The summed E-state index contributed by atoms with van der Waals surface area (Å²) in [6.45, 7) is 2.43. The van der Waals surface area contributed by atoms with Gasteiger partial charge in [0.25, 0.3) is 0 Å². The van der Waals surface area contributed by atoms with Gasteiger partial charge in [0.2, 0.25) is 11.8 Å². The topological polar surface area (TPSA) is 89.0 Å². The van der Waals surface area contributed by atoms with Crippen molar-refractivity contribution in [2.45, 2.75) is 13.3 Å². The lowest BCUT2D eigenvalue weighted by molar-refractivity contribution is -0.126. The Morgan fingerprint density at radius 3 is 2.59 bits per heavy atom. The van der Waals surface area contributed by atoms with Crippen LogP contribution in [-0.4, -0.2) is 31.7 Å². The van der Waals surface area contributed by atoms with E-state index in [1.807, 2.05) is 19.1 Å². The Hall–Kier alpha value is -2.62. The number of rotatable bonds is 8. The summed E-state index contributed by atoms with van der Waals surface area (Å²) in [6.07, 6.45) is 1.16. The van der Waals surface area contributed by atoms with E-state index in [0.29, 0.717) is 23.8 Å². The maximum absolute atomic E-state index is 11.8. The van der Waals surface area contributed by atoms with Crippen LogP contribution in [0.3, 0.4) is 0 Å². The van der Waals surface area contributed by atoms with Crippen molar-refractivity contribution in [3.05, 3.63) is 51.6 Å². The number of nitrogens with zero attached hydrogens (tertiary/aromatic N) is 1. The highest BCUT2D eigenvalue weighted by atomic mass is 127.